The summed E-state index contributed by atoms with van der Waals surface area (Å²) in [7, 11) is 0. The molecule has 0 aromatic heterocycles. The highest BCUT2D eigenvalue weighted by Gasteiger charge is 2.44. The van der Waals surface area contributed by atoms with Crippen LogP contribution < -0.4 is 0 Å². The van der Waals surface area contributed by atoms with E-state index in [0.717, 1.165) is 5.56 Å². The highest BCUT2D eigenvalue weighted by molar-refractivity contribution is 5.34. The average molecular weight is 316 g/mol. The van der Waals surface area contributed by atoms with Crippen LogP contribution in [-0.4, -0.2) is 35.4 Å². The molecule has 0 bridgehead atoms. The Morgan fingerprint density at radius 1 is 1.32 bits per heavy atom. The van der Waals surface area contributed by atoms with Gasteiger partial charge in [0.05, 0.1) is 5.56 Å². The fourth-order valence-corrected chi connectivity index (χ4v) is 2.71. The van der Waals surface area contributed by atoms with Crippen LogP contribution in [0.1, 0.15) is 24.0 Å². The molecular weight excluding hydrogens is 300 g/mol. The van der Waals surface area contributed by atoms with Gasteiger partial charge in [-0.15, -0.1) is 0 Å². The van der Waals surface area contributed by atoms with Crippen LogP contribution in [0.3, 0.4) is 0 Å². The summed E-state index contributed by atoms with van der Waals surface area (Å²) in [6.07, 6.45) is -6.34. The van der Waals surface area contributed by atoms with E-state index in [0.29, 0.717) is 19.6 Å². The fraction of sp³-hybridized carbons (Fsp3) is 0.533. The van der Waals surface area contributed by atoms with Gasteiger partial charge in [-0.2, -0.15) is 18.4 Å². The van der Waals surface area contributed by atoms with Crippen molar-refractivity contribution < 1.29 is 22.7 Å². The Kier molecular flexibility index (Phi) is 5.04. The van der Waals surface area contributed by atoms with Crippen LogP contribution in [0.2, 0.25) is 0 Å². The molecule has 2 rings (SSSR count). The second-order valence-corrected chi connectivity index (χ2v) is 5.53. The molecule has 7 heteroatoms. The molecule has 1 aromatic carbocycles. The molecule has 3 nitrogen and oxygen atoms in total. The van der Waals surface area contributed by atoms with Crippen molar-refractivity contribution in [3.05, 3.63) is 35.1 Å². The number of hydrogen-bond donors (Lipinski definition) is 1. The second-order valence-electron chi connectivity index (χ2n) is 5.53. The number of nitrogens with zero attached hydrogens (tertiary/aromatic N) is 2. The Labute approximate surface area is 125 Å². The van der Waals surface area contributed by atoms with Crippen molar-refractivity contribution in [3.63, 3.8) is 0 Å². The van der Waals surface area contributed by atoms with E-state index in [2.05, 4.69) is 0 Å². The molecule has 1 aromatic rings. The number of halogens is 4. The first kappa shape index (κ1) is 16.7. The van der Waals surface area contributed by atoms with Gasteiger partial charge in [-0.1, -0.05) is 6.07 Å². The maximum atomic E-state index is 13.2. The second kappa shape index (κ2) is 6.63. The monoisotopic (exact) mass is 316 g/mol. The van der Waals surface area contributed by atoms with E-state index >= 15 is 0 Å². The zero-order valence-corrected chi connectivity index (χ0v) is 11.8. The van der Waals surface area contributed by atoms with Crippen molar-refractivity contribution in [1.82, 2.24) is 4.90 Å². The van der Waals surface area contributed by atoms with Gasteiger partial charge < -0.3 is 5.11 Å². The van der Waals surface area contributed by atoms with Crippen molar-refractivity contribution >= 4 is 0 Å². The average Bonchev–Trinajstić information content (AvgIpc) is 2.48. The van der Waals surface area contributed by atoms with Crippen molar-refractivity contribution in [2.75, 3.05) is 13.1 Å². The first-order chi connectivity index (χ1) is 10.3. The van der Waals surface area contributed by atoms with Crippen LogP contribution in [0.5, 0.6) is 0 Å². The Morgan fingerprint density at radius 2 is 1.95 bits per heavy atom. The van der Waals surface area contributed by atoms with Crippen molar-refractivity contribution in [2.45, 2.75) is 31.7 Å². The summed E-state index contributed by atoms with van der Waals surface area (Å²) in [5.74, 6) is -1.36. The molecule has 1 aliphatic heterocycles. The minimum absolute atomic E-state index is 0.0418. The number of hydrogen-bond acceptors (Lipinski definition) is 3. The highest BCUT2D eigenvalue weighted by atomic mass is 19.4. The van der Waals surface area contributed by atoms with E-state index in [1.54, 1.807) is 12.1 Å². The molecule has 1 saturated heterocycles. The van der Waals surface area contributed by atoms with E-state index < -0.39 is 24.0 Å². The molecule has 0 aliphatic carbocycles. The van der Waals surface area contributed by atoms with Gasteiger partial charge in [0.1, 0.15) is 11.9 Å². The highest BCUT2D eigenvalue weighted by Crippen LogP contribution is 2.31. The van der Waals surface area contributed by atoms with Gasteiger partial charge in [-0.3, -0.25) is 4.90 Å². The third-order valence-corrected chi connectivity index (χ3v) is 3.97. The zero-order chi connectivity index (χ0) is 16.3. The van der Waals surface area contributed by atoms with Gasteiger partial charge in [0.2, 0.25) is 0 Å². The molecule has 0 amide bonds. The lowest BCUT2D eigenvalue weighted by molar-refractivity contribution is -0.223. The number of piperidine rings is 1. The number of aliphatic hydroxyl groups is 1. The summed E-state index contributed by atoms with van der Waals surface area (Å²) >= 11 is 0. The first-order valence-corrected chi connectivity index (χ1v) is 6.97. The summed E-state index contributed by atoms with van der Waals surface area (Å²) in [5.41, 5.74) is 0.702. The van der Waals surface area contributed by atoms with Gasteiger partial charge in [-0.25, -0.2) is 4.39 Å². The van der Waals surface area contributed by atoms with Crippen LogP contribution in [0.25, 0.3) is 0 Å². The molecule has 120 valence electrons. The number of likely N-dealkylation sites (tertiary alicyclic amines) is 1. The molecule has 0 spiro atoms. The molecule has 1 fully saturated rings. The lowest BCUT2D eigenvalue weighted by Crippen LogP contribution is -2.43. The van der Waals surface area contributed by atoms with Gasteiger partial charge in [-0.05, 0) is 49.5 Å². The number of benzene rings is 1. The molecule has 1 atom stereocenters. The minimum Gasteiger partial charge on any atom is -0.383 e. The van der Waals surface area contributed by atoms with Gasteiger partial charge in [0, 0.05) is 6.54 Å². The van der Waals surface area contributed by atoms with Crippen LogP contribution in [0, 0.1) is 23.1 Å². The van der Waals surface area contributed by atoms with Crippen LogP contribution >= 0.6 is 0 Å². The molecule has 22 heavy (non-hydrogen) atoms. The molecule has 1 aliphatic rings. The van der Waals surface area contributed by atoms with Gasteiger partial charge in [0.25, 0.3) is 0 Å². The fourth-order valence-electron chi connectivity index (χ4n) is 2.71. The Bertz CT molecular complexity index is 560. The Morgan fingerprint density at radius 3 is 2.50 bits per heavy atom. The summed E-state index contributed by atoms with van der Waals surface area (Å²) in [5, 5.41) is 18.0. The molecule has 1 unspecified atom stereocenters. The smallest absolute Gasteiger partial charge is 0.383 e. The van der Waals surface area contributed by atoms with Crippen molar-refractivity contribution in [2.24, 2.45) is 5.92 Å². The zero-order valence-electron chi connectivity index (χ0n) is 11.8. The predicted molar refractivity (Wildman–Crippen MR) is 71.2 cm³/mol. The summed E-state index contributed by atoms with van der Waals surface area (Å²) < 4.78 is 50.6. The molecule has 1 N–H and O–H groups in total. The maximum Gasteiger partial charge on any atom is 0.414 e. The SMILES string of the molecule is N#Cc1cc(CN2CCC(C(O)C(F)(F)F)CC2)ccc1F. The van der Waals surface area contributed by atoms with Crippen molar-refractivity contribution in [3.8, 4) is 6.07 Å². The number of nitriles is 1. The lowest BCUT2D eigenvalue weighted by atomic mass is 9.90. The largest absolute Gasteiger partial charge is 0.414 e. The third kappa shape index (κ3) is 3.96. The number of aliphatic hydroxyl groups excluding tert-OH is 1. The van der Waals surface area contributed by atoms with Crippen LogP contribution in [0.15, 0.2) is 18.2 Å². The lowest BCUT2D eigenvalue weighted by Gasteiger charge is -2.34. The quantitative estimate of drug-likeness (QED) is 0.872. The Balaban J connectivity index is 1.92. The Hall–Kier alpha value is -1.65. The standard InChI is InChI=1S/C15H16F4N2O/c16-13-2-1-10(7-12(13)8-20)9-21-5-3-11(4-6-21)14(22)15(17,18)19/h1-2,7,11,14,22H,3-6,9H2. The van der Waals surface area contributed by atoms with E-state index in [4.69, 9.17) is 5.26 Å². The van der Waals surface area contributed by atoms with E-state index in [1.807, 2.05) is 4.90 Å². The summed E-state index contributed by atoms with van der Waals surface area (Å²) in [6.45, 7) is 1.30. The van der Waals surface area contributed by atoms with E-state index in [-0.39, 0.29) is 18.4 Å². The third-order valence-electron chi connectivity index (χ3n) is 3.97. The van der Waals surface area contributed by atoms with Gasteiger partial charge >= 0.3 is 6.18 Å². The molecular formula is C15H16F4N2O. The topological polar surface area (TPSA) is 47.3 Å². The maximum absolute atomic E-state index is 13.2. The number of rotatable bonds is 3. The predicted octanol–water partition coefficient (Wildman–Crippen LogP) is 2.83. The van der Waals surface area contributed by atoms with E-state index in [1.165, 1.54) is 12.1 Å². The van der Waals surface area contributed by atoms with E-state index in [9.17, 15) is 22.7 Å². The minimum atomic E-state index is -4.58. The summed E-state index contributed by atoms with van der Waals surface area (Å²) in [6, 6.07) is 5.99. The van der Waals surface area contributed by atoms with Crippen molar-refractivity contribution in [1.29, 1.82) is 5.26 Å². The first-order valence-electron chi connectivity index (χ1n) is 6.97. The van der Waals surface area contributed by atoms with Gasteiger partial charge in [0.15, 0.2) is 6.10 Å². The number of alkyl halides is 3. The molecule has 1 heterocycles. The van der Waals surface area contributed by atoms with Crippen LogP contribution in [-0.2, 0) is 6.54 Å². The summed E-state index contributed by atoms with van der Waals surface area (Å²) in [4.78, 5) is 1.94. The molecule has 0 saturated carbocycles. The molecule has 0 radical (unpaired) electrons. The normalized spacial score (nSPS) is 18.9. The van der Waals surface area contributed by atoms with Crippen LogP contribution in [0.4, 0.5) is 17.6 Å².